The zero-order chi connectivity index (χ0) is 13.4. The van der Waals surface area contributed by atoms with Crippen molar-refractivity contribution in [2.75, 3.05) is 6.54 Å². The van der Waals surface area contributed by atoms with Crippen LogP contribution in [0.5, 0.6) is 0 Å². The lowest BCUT2D eigenvalue weighted by molar-refractivity contribution is -0.121. The molecular formula is C14H23N3O. The van der Waals surface area contributed by atoms with Crippen LogP contribution < -0.4 is 10.6 Å². The van der Waals surface area contributed by atoms with Crippen molar-refractivity contribution in [3.8, 4) is 0 Å². The molecule has 0 bridgehead atoms. The van der Waals surface area contributed by atoms with E-state index in [9.17, 15) is 4.79 Å². The van der Waals surface area contributed by atoms with Crippen molar-refractivity contribution >= 4 is 5.91 Å². The number of hydrogen-bond donors (Lipinski definition) is 2. The van der Waals surface area contributed by atoms with Crippen LogP contribution in [0.1, 0.15) is 45.2 Å². The van der Waals surface area contributed by atoms with Crippen molar-refractivity contribution in [1.29, 1.82) is 0 Å². The number of carbonyl (C=O) groups excluding carboxylic acids is 1. The van der Waals surface area contributed by atoms with Gasteiger partial charge in [0.05, 0.1) is 6.04 Å². The minimum Gasteiger partial charge on any atom is -0.350 e. The molecule has 18 heavy (non-hydrogen) atoms. The van der Waals surface area contributed by atoms with E-state index >= 15 is 0 Å². The second-order valence-corrected chi connectivity index (χ2v) is 4.79. The molecule has 0 radical (unpaired) electrons. The van der Waals surface area contributed by atoms with Gasteiger partial charge in [0.2, 0.25) is 5.91 Å². The van der Waals surface area contributed by atoms with Crippen LogP contribution in [0.2, 0.25) is 0 Å². The Kier molecular flexibility index (Phi) is 6.36. The van der Waals surface area contributed by atoms with E-state index in [1.807, 2.05) is 19.1 Å². The molecule has 2 N–H and O–H groups in total. The molecule has 100 valence electrons. The summed E-state index contributed by atoms with van der Waals surface area (Å²) < 4.78 is 0. The lowest BCUT2D eigenvalue weighted by atomic mass is 10.1. The average molecular weight is 249 g/mol. The molecule has 0 aromatic carbocycles. The zero-order valence-electron chi connectivity index (χ0n) is 11.4. The molecule has 0 unspecified atom stereocenters. The Balaban J connectivity index is 2.24. The number of aromatic nitrogens is 1. The molecule has 1 aromatic rings. The second-order valence-electron chi connectivity index (χ2n) is 4.79. The first-order valence-corrected chi connectivity index (χ1v) is 6.52. The topological polar surface area (TPSA) is 54.0 Å². The highest BCUT2D eigenvalue weighted by Crippen LogP contribution is 2.09. The predicted octanol–water partition coefficient (Wildman–Crippen LogP) is 2.04. The third kappa shape index (κ3) is 5.77. The maximum atomic E-state index is 11.7. The fraction of sp³-hybridized carbons (Fsp3) is 0.571. The van der Waals surface area contributed by atoms with Crippen molar-refractivity contribution in [2.45, 2.75) is 45.7 Å². The van der Waals surface area contributed by atoms with Gasteiger partial charge in [-0.05, 0) is 31.5 Å². The highest BCUT2D eigenvalue weighted by molar-refractivity contribution is 5.76. The van der Waals surface area contributed by atoms with Crippen molar-refractivity contribution in [3.63, 3.8) is 0 Å². The first-order chi connectivity index (χ1) is 8.59. The summed E-state index contributed by atoms with van der Waals surface area (Å²) in [6.07, 6.45) is 4.94. The summed E-state index contributed by atoms with van der Waals surface area (Å²) in [6.45, 7) is 7.06. The molecule has 0 fully saturated rings. The lowest BCUT2D eigenvalue weighted by Gasteiger charge is -2.14. The molecule has 1 atom stereocenters. The van der Waals surface area contributed by atoms with E-state index in [1.54, 1.807) is 12.4 Å². The standard InChI is InChI=1S/C14H23N3O/c1-11(2)16-9-5-7-14(18)17-12(3)13-6-4-8-15-10-13/h4,6,8,10-12,16H,5,7,9H2,1-3H3,(H,17,18)/t12-/m0/s1. The summed E-state index contributed by atoms with van der Waals surface area (Å²) in [4.78, 5) is 15.8. The molecule has 0 aliphatic heterocycles. The quantitative estimate of drug-likeness (QED) is 0.727. The van der Waals surface area contributed by atoms with Crippen LogP contribution in [-0.2, 0) is 4.79 Å². The van der Waals surface area contributed by atoms with Crippen LogP contribution in [0.4, 0.5) is 0 Å². The lowest BCUT2D eigenvalue weighted by Crippen LogP contribution is -2.28. The van der Waals surface area contributed by atoms with Crippen molar-refractivity contribution in [1.82, 2.24) is 15.6 Å². The van der Waals surface area contributed by atoms with Crippen LogP contribution in [-0.4, -0.2) is 23.5 Å². The van der Waals surface area contributed by atoms with Crippen molar-refractivity contribution in [3.05, 3.63) is 30.1 Å². The Morgan fingerprint density at radius 1 is 1.39 bits per heavy atom. The molecule has 0 saturated carbocycles. The van der Waals surface area contributed by atoms with Gasteiger partial charge in [-0.25, -0.2) is 0 Å². The molecule has 0 saturated heterocycles. The Morgan fingerprint density at radius 2 is 2.17 bits per heavy atom. The molecule has 1 heterocycles. The largest absolute Gasteiger partial charge is 0.350 e. The molecule has 1 rings (SSSR count). The van der Waals surface area contributed by atoms with Crippen LogP contribution in [0.15, 0.2) is 24.5 Å². The maximum absolute atomic E-state index is 11.7. The second kappa shape index (κ2) is 7.82. The van der Waals surface area contributed by atoms with Crippen LogP contribution in [0.25, 0.3) is 0 Å². The molecule has 0 spiro atoms. The van der Waals surface area contributed by atoms with Crippen LogP contribution in [0, 0.1) is 0 Å². The third-order valence-electron chi connectivity index (χ3n) is 2.70. The van der Waals surface area contributed by atoms with E-state index in [-0.39, 0.29) is 11.9 Å². The van der Waals surface area contributed by atoms with Gasteiger partial charge in [-0.1, -0.05) is 19.9 Å². The molecule has 0 aliphatic rings. The van der Waals surface area contributed by atoms with Crippen molar-refractivity contribution in [2.24, 2.45) is 0 Å². The SMILES string of the molecule is CC(C)NCCCC(=O)N[C@@H](C)c1cccnc1. The highest BCUT2D eigenvalue weighted by atomic mass is 16.1. The third-order valence-corrected chi connectivity index (χ3v) is 2.70. The predicted molar refractivity (Wildman–Crippen MR) is 73.2 cm³/mol. The zero-order valence-corrected chi connectivity index (χ0v) is 11.4. The van der Waals surface area contributed by atoms with E-state index < -0.39 is 0 Å². The van der Waals surface area contributed by atoms with Crippen LogP contribution >= 0.6 is 0 Å². The number of hydrogen-bond acceptors (Lipinski definition) is 3. The van der Waals surface area contributed by atoms with Gasteiger partial charge in [-0.15, -0.1) is 0 Å². The van der Waals surface area contributed by atoms with Gasteiger partial charge >= 0.3 is 0 Å². The van der Waals surface area contributed by atoms with Gasteiger partial charge in [0.1, 0.15) is 0 Å². The minimum absolute atomic E-state index is 0.0178. The number of amides is 1. The molecule has 4 nitrogen and oxygen atoms in total. The first kappa shape index (κ1) is 14.6. The van der Waals surface area contributed by atoms with Gasteiger partial charge in [-0.3, -0.25) is 9.78 Å². The van der Waals surface area contributed by atoms with E-state index in [2.05, 4.69) is 29.5 Å². The smallest absolute Gasteiger partial charge is 0.220 e. The number of nitrogens with one attached hydrogen (secondary N) is 2. The fourth-order valence-electron chi connectivity index (χ4n) is 1.67. The van der Waals surface area contributed by atoms with E-state index in [0.717, 1.165) is 18.5 Å². The molecular weight excluding hydrogens is 226 g/mol. The molecule has 1 amide bonds. The van der Waals surface area contributed by atoms with Gasteiger partial charge < -0.3 is 10.6 Å². The number of nitrogens with zero attached hydrogens (tertiary/aromatic N) is 1. The monoisotopic (exact) mass is 249 g/mol. The average Bonchev–Trinajstić information content (AvgIpc) is 2.35. The van der Waals surface area contributed by atoms with E-state index in [1.165, 1.54) is 0 Å². The Bertz CT molecular complexity index is 351. The summed E-state index contributed by atoms with van der Waals surface area (Å²) >= 11 is 0. The van der Waals surface area contributed by atoms with Gasteiger partial charge in [0, 0.05) is 24.9 Å². The Morgan fingerprint density at radius 3 is 2.78 bits per heavy atom. The number of carbonyl (C=O) groups is 1. The first-order valence-electron chi connectivity index (χ1n) is 6.52. The fourth-order valence-corrected chi connectivity index (χ4v) is 1.67. The molecule has 0 aliphatic carbocycles. The van der Waals surface area contributed by atoms with Gasteiger partial charge in [-0.2, -0.15) is 0 Å². The minimum atomic E-state index is 0.0178. The number of rotatable bonds is 7. The molecule has 1 aromatic heterocycles. The van der Waals surface area contributed by atoms with Gasteiger partial charge in [0.15, 0.2) is 0 Å². The maximum Gasteiger partial charge on any atom is 0.220 e. The Hall–Kier alpha value is -1.42. The summed E-state index contributed by atoms with van der Waals surface area (Å²) in [5, 5.41) is 6.27. The summed E-state index contributed by atoms with van der Waals surface area (Å²) in [7, 11) is 0. The van der Waals surface area contributed by atoms with Gasteiger partial charge in [0.25, 0.3) is 0 Å². The number of pyridine rings is 1. The summed E-state index contributed by atoms with van der Waals surface area (Å²) in [5.74, 6) is 0.0944. The van der Waals surface area contributed by atoms with Crippen LogP contribution in [0.3, 0.4) is 0 Å². The summed E-state index contributed by atoms with van der Waals surface area (Å²) in [6, 6.07) is 4.34. The van der Waals surface area contributed by atoms with Crippen molar-refractivity contribution < 1.29 is 4.79 Å². The van der Waals surface area contributed by atoms with E-state index in [4.69, 9.17) is 0 Å². The van der Waals surface area contributed by atoms with E-state index in [0.29, 0.717) is 12.5 Å². The summed E-state index contributed by atoms with van der Waals surface area (Å²) in [5.41, 5.74) is 1.03. The highest BCUT2D eigenvalue weighted by Gasteiger charge is 2.08. The Labute approximate surface area is 109 Å². The normalized spacial score (nSPS) is 12.4. The molecule has 4 heteroatoms.